The van der Waals surface area contributed by atoms with Crippen LogP contribution in [0, 0.1) is 11.3 Å². The summed E-state index contributed by atoms with van der Waals surface area (Å²) in [6, 6.07) is 5.30. The van der Waals surface area contributed by atoms with Crippen LogP contribution in [0.3, 0.4) is 0 Å². The fourth-order valence-corrected chi connectivity index (χ4v) is 4.04. The maximum atomic E-state index is 13.3. The molecule has 1 aromatic carbocycles. The molecule has 26 heavy (non-hydrogen) atoms. The number of alkyl halides is 3. The maximum absolute atomic E-state index is 13.3. The summed E-state index contributed by atoms with van der Waals surface area (Å²) in [6.07, 6.45) is -2.82. The van der Waals surface area contributed by atoms with Gasteiger partial charge < -0.3 is 14.7 Å². The highest BCUT2D eigenvalue weighted by Gasteiger charge is 2.44. The first-order valence-electron chi connectivity index (χ1n) is 8.99. The molecule has 0 aliphatic carbocycles. The Labute approximate surface area is 150 Å². The Hall–Kier alpha value is -1.60. The Morgan fingerprint density at radius 3 is 2.54 bits per heavy atom. The third-order valence-electron chi connectivity index (χ3n) is 5.66. The van der Waals surface area contributed by atoms with Crippen molar-refractivity contribution < 1.29 is 27.8 Å². The lowest BCUT2D eigenvalue weighted by atomic mass is 9.73. The standard InChI is InChI=1S/C19H24F3NO3/c20-19(21,22)16-4-2-1-3-15(16)11-18(17(24)25)6-8-23(9-7-18)12-14-5-10-26-13-14/h1-4,14H,5-13H2,(H,24,25)/t14-/m0/s1. The van der Waals surface area contributed by atoms with Crippen LogP contribution in [-0.4, -0.2) is 48.8 Å². The smallest absolute Gasteiger partial charge is 0.416 e. The predicted molar refractivity (Wildman–Crippen MR) is 89.8 cm³/mol. The average Bonchev–Trinajstić information content (AvgIpc) is 3.09. The first-order chi connectivity index (χ1) is 12.3. The van der Waals surface area contributed by atoms with Crippen LogP contribution in [0.4, 0.5) is 13.2 Å². The lowest BCUT2D eigenvalue weighted by molar-refractivity contribution is -0.153. The normalized spacial score (nSPS) is 23.9. The highest BCUT2D eigenvalue weighted by Crippen LogP contribution is 2.40. The number of benzene rings is 1. The van der Waals surface area contributed by atoms with Crippen LogP contribution in [0.2, 0.25) is 0 Å². The van der Waals surface area contributed by atoms with Gasteiger partial charge in [0.25, 0.3) is 0 Å². The van der Waals surface area contributed by atoms with Crippen LogP contribution < -0.4 is 0 Å². The molecule has 2 aliphatic heterocycles. The minimum atomic E-state index is -4.47. The number of rotatable bonds is 5. The lowest BCUT2D eigenvalue weighted by Crippen LogP contribution is -2.47. The van der Waals surface area contributed by atoms with Gasteiger partial charge in [0.05, 0.1) is 17.6 Å². The van der Waals surface area contributed by atoms with Gasteiger partial charge in [0.2, 0.25) is 0 Å². The van der Waals surface area contributed by atoms with E-state index in [2.05, 4.69) is 4.90 Å². The van der Waals surface area contributed by atoms with Crippen LogP contribution in [0.25, 0.3) is 0 Å². The van der Waals surface area contributed by atoms with Gasteiger partial charge in [-0.15, -0.1) is 0 Å². The Morgan fingerprint density at radius 1 is 1.27 bits per heavy atom. The van der Waals surface area contributed by atoms with Crippen molar-refractivity contribution in [2.75, 3.05) is 32.8 Å². The molecule has 2 fully saturated rings. The van der Waals surface area contributed by atoms with E-state index < -0.39 is 23.1 Å². The molecular formula is C19H24F3NO3. The molecule has 0 spiro atoms. The van der Waals surface area contributed by atoms with E-state index in [1.54, 1.807) is 0 Å². The quantitative estimate of drug-likeness (QED) is 0.861. The maximum Gasteiger partial charge on any atom is 0.416 e. The largest absolute Gasteiger partial charge is 0.481 e. The number of carbonyl (C=O) groups is 1. The van der Waals surface area contributed by atoms with Gasteiger partial charge in [-0.1, -0.05) is 18.2 Å². The number of aliphatic carboxylic acids is 1. The number of hydrogen-bond acceptors (Lipinski definition) is 3. The molecule has 0 amide bonds. The zero-order chi connectivity index (χ0) is 18.8. The SMILES string of the molecule is O=C(O)C1(Cc2ccccc2C(F)(F)F)CCN(C[C@@H]2CCOC2)CC1. The van der Waals surface area contributed by atoms with Crippen molar-refractivity contribution >= 4 is 5.97 Å². The molecule has 2 heterocycles. The highest BCUT2D eigenvalue weighted by atomic mass is 19.4. The zero-order valence-electron chi connectivity index (χ0n) is 14.6. The number of likely N-dealkylation sites (tertiary alicyclic amines) is 1. The summed E-state index contributed by atoms with van der Waals surface area (Å²) in [5, 5.41) is 9.79. The molecule has 1 aromatic rings. The van der Waals surface area contributed by atoms with E-state index in [0.717, 1.165) is 32.2 Å². The number of piperidine rings is 1. The zero-order valence-corrected chi connectivity index (χ0v) is 14.6. The number of nitrogens with zero attached hydrogens (tertiary/aromatic N) is 1. The molecule has 7 heteroatoms. The Bertz CT molecular complexity index is 633. The van der Waals surface area contributed by atoms with Gasteiger partial charge in [0, 0.05) is 13.2 Å². The molecule has 4 nitrogen and oxygen atoms in total. The number of halogens is 3. The summed E-state index contributed by atoms with van der Waals surface area (Å²) < 4.78 is 45.1. The average molecular weight is 371 g/mol. The van der Waals surface area contributed by atoms with E-state index in [4.69, 9.17) is 4.74 Å². The third-order valence-corrected chi connectivity index (χ3v) is 5.66. The van der Waals surface area contributed by atoms with Gasteiger partial charge in [-0.25, -0.2) is 0 Å². The fraction of sp³-hybridized carbons (Fsp3) is 0.632. The summed E-state index contributed by atoms with van der Waals surface area (Å²) in [4.78, 5) is 14.2. The Balaban J connectivity index is 1.71. The number of carboxylic acid groups (broad SMARTS) is 1. The molecule has 0 saturated carbocycles. The van der Waals surface area contributed by atoms with Crippen LogP contribution >= 0.6 is 0 Å². The third kappa shape index (κ3) is 4.20. The lowest BCUT2D eigenvalue weighted by Gasteiger charge is -2.40. The molecule has 2 saturated heterocycles. The monoisotopic (exact) mass is 371 g/mol. The molecule has 1 N–H and O–H groups in total. The predicted octanol–water partition coefficient (Wildman–Crippen LogP) is 3.45. The van der Waals surface area contributed by atoms with Gasteiger partial charge >= 0.3 is 12.1 Å². The first-order valence-corrected chi connectivity index (χ1v) is 8.99. The van der Waals surface area contributed by atoms with Gasteiger partial charge in [-0.2, -0.15) is 13.2 Å². The van der Waals surface area contributed by atoms with Crippen molar-refractivity contribution in [3.63, 3.8) is 0 Å². The van der Waals surface area contributed by atoms with Crippen LogP contribution in [-0.2, 0) is 22.1 Å². The van der Waals surface area contributed by atoms with Gasteiger partial charge in [-0.3, -0.25) is 4.79 Å². The summed E-state index contributed by atoms with van der Waals surface area (Å²) in [5.74, 6) is -0.531. The molecule has 0 bridgehead atoms. The van der Waals surface area contributed by atoms with Crippen LogP contribution in [0.5, 0.6) is 0 Å². The molecule has 144 valence electrons. The molecule has 3 rings (SSSR count). The summed E-state index contributed by atoms with van der Waals surface area (Å²) >= 11 is 0. The van der Waals surface area contributed by atoms with Gasteiger partial charge in [0.1, 0.15) is 0 Å². The molecule has 0 unspecified atom stereocenters. The van der Waals surface area contributed by atoms with Crippen LogP contribution in [0.15, 0.2) is 24.3 Å². The molecule has 0 aromatic heterocycles. The second kappa shape index (κ2) is 7.56. The van der Waals surface area contributed by atoms with Crippen molar-refractivity contribution in [3.8, 4) is 0 Å². The summed E-state index contributed by atoms with van der Waals surface area (Å²) in [5.41, 5.74) is -1.80. The van der Waals surface area contributed by atoms with Crippen molar-refractivity contribution in [2.45, 2.75) is 31.9 Å². The molecule has 0 radical (unpaired) electrons. The number of hydrogen-bond donors (Lipinski definition) is 1. The minimum absolute atomic E-state index is 0.0695. The number of carboxylic acids is 1. The van der Waals surface area contributed by atoms with E-state index in [-0.39, 0.29) is 12.0 Å². The molecular weight excluding hydrogens is 347 g/mol. The van der Waals surface area contributed by atoms with E-state index >= 15 is 0 Å². The molecule has 1 atom stereocenters. The van der Waals surface area contributed by atoms with E-state index in [0.29, 0.717) is 31.8 Å². The van der Waals surface area contributed by atoms with E-state index in [1.807, 2.05) is 0 Å². The number of ether oxygens (including phenoxy) is 1. The second-order valence-corrected chi connectivity index (χ2v) is 7.45. The first kappa shape index (κ1) is 19.2. The van der Waals surface area contributed by atoms with Crippen molar-refractivity contribution in [2.24, 2.45) is 11.3 Å². The highest BCUT2D eigenvalue weighted by molar-refractivity contribution is 5.75. The Morgan fingerprint density at radius 2 is 1.96 bits per heavy atom. The van der Waals surface area contributed by atoms with E-state index in [9.17, 15) is 23.1 Å². The van der Waals surface area contributed by atoms with Gasteiger partial charge in [0.15, 0.2) is 0 Å². The second-order valence-electron chi connectivity index (χ2n) is 7.45. The molecule has 2 aliphatic rings. The Kier molecular flexibility index (Phi) is 5.58. The topological polar surface area (TPSA) is 49.8 Å². The van der Waals surface area contributed by atoms with E-state index in [1.165, 1.54) is 18.2 Å². The minimum Gasteiger partial charge on any atom is -0.481 e. The van der Waals surface area contributed by atoms with Crippen molar-refractivity contribution in [1.29, 1.82) is 0 Å². The van der Waals surface area contributed by atoms with Crippen molar-refractivity contribution in [3.05, 3.63) is 35.4 Å². The van der Waals surface area contributed by atoms with Crippen LogP contribution in [0.1, 0.15) is 30.4 Å². The summed E-state index contributed by atoms with van der Waals surface area (Å²) in [7, 11) is 0. The fourth-order valence-electron chi connectivity index (χ4n) is 4.04. The van der Waals surface area contributed by atoms with Crippen molar-refractivity contribution in [1.82, 2.24) is 4.90 Å². The van der Waals surface area contributed by atoms with Gasteiger partial charge in [-0.05, 0) is 56.3 Å². The summed E-state index contributed by atoms with van der Waals surface area (Å²) in [6.45, 7) is 3.56.